The minimum Gasteiger partial charge on any atom is -0.341 e. The van der Waals surface area contributed by atoms with Crippen molar-refractivity contribution in [3.05, 3.63) is 0 Å². The van der Waals surface area contributed by atoms with Gasteiger partial charge in [-0.15, -0.1) is 0 Å². The number of Topliss-reactive ketones (excluding diaryl/α,β-unsaturated/α-hetero) is 1. The van der Waals surface area contributed by atoms with Crippen LogP contribution in [-0.2, 0) is 9.59 Å². The molecular formula is C12H20N2O2. The molecule has 0 radical (unpaired) electrons. The Kier molecular flexibility index (Phi) is 3.59. The summed E-state index contributed by atoms with van der Waals surface area (Å²) < 4.78 is 0. The number of hydrogen-bond acceptors (Lipinski definition) is 3. The van der Waals surface area contributed by atoms with E-state index in [1.165, 1.54) is 12.8 Å². The third-order valence-corrected chi connectivity index (χ3v) is 3.35. The fraction of sp³-hybridized carbons (Fsp3) is 0.833. The van der Waals surface area contributed by atoms with Gasteiger partial charge in [0, 0.05) is 32.5 Å². The number of ketones is 1. The number of likely N-dealkylation sites (N-methyl/N-ethyl adjacent to an activating group) is 1. The summed E-state index contributed by atoms with van der Waals surface area (Å²) >= 11 is 0. The van der Waals surface area contributed by atoms with Gasteiger partial charge in [-0.05, 0) is 25.8 Å². The highest BCUT2D eigenvalue weighted by Crippen LogP contribution is 2.29. The first-order chi connectivity index (χ1) is 7.65. The Morgan fingerprint density at radius 2 is 2.00 bits per heavy atom. The summed E-state index contributed by atoms with van der Waals surface area (Å²) in [6.07, 6.45) is 3.71. The molecule has 90 valence electrons. The van der Waals surface area contributed by atoms with Crippen LogP contribution in [0.2, 0.25) is 0 Å². The van der Waals surface area contributed by atoms with Gasteiger partial charge in [0.25, 0.3) is 0 Å². The first-order valence-corrected chi connectivity index (χ1v) is 6.13. The lowest BCUT2D eigenvalue weighted by atomic mass is 10.1. The Bertz CT molecular complexity index is 277. The van der Waals surface area contributed by atoms with Crippen LogP contribution in [0.15, 0.2) is 0 Å². The summed E-state index contributed by atoms with van der Waals surface area (Å²) in [6.45, 7) is 2.78. The maximum atomic E-state index is 11.9. The van der Waals surface area contributed by atoms with E-state index in [1.807, 2.05) is 11.9 Å². The lowest BCUT2D eigenvalue weighted by molar-refractivity contribution is -0.135. The van der Waals surface area contributed by atoms with Crippen LogP contribution < -0.4 is 0 Å². The quantitative estimate of drug-likeness (QED) is 0.699. The second-order valence-corrected chi connectivity index (χ2v) is 5.06. The van der Waals surface area contributed by atoms with E-state index in [4.69, 9.17) is 0 Å². The van der Waals surface area contributed by atoms with Crippen molar-refractivity contribution in [3.8, 4) is 0 Å². The molecule has 0 bridgehead atoms. The smallest absolute Gasteiger partial charge is 0.236 e. The monoisotopic (exact) mass is 224 g/mol. The average molecular weight is 224 g/mol. The number of carbonyl (C=O) groups is 2. The second-order valence-electron chi connectivity index (χ2n) is 5.06. The maximum absolute atomic E-state index is 11.9. The summed E-state index contributed by atoms with van der Waals surface area (Å²) in [5, 5.41) is 0. The van der Waals surface area contributed by atoms with Gasteiger partial charge in [0.15, 0.2) is 0 Å². The predicted octanol–water partition coefficient (Wildman–Crippen LogP) is 0.520. The predicted molar refractivity (Wildman–Crippen MR) is 61.0 cm³/mol. The van der Waals surface area contributed by atoms with Crippen molar-refractivity contribution in [1.82, 2.24) is 9.80 Å². The van der Waals surface area contributed by atoms with Crippen molar-refractivity contribution >= 4 is 11.7 Å². The van der Waals surface area contributed by atoms with Crippen molar-refractivity contribution < 1.29 is 9.59 Å². The van der Waals surface area contributed by atoms with Crippen molar-refractivity contribution in [3.63, 3.8) is 0 Å². The number of nitrogens with zero attached hydrogens (tertiary/aromatic N) is 2. The van der Waals surface area contributed by atoms with E-state index >= 15 is 0 Å². The van der Waals surface area contributed by atoms with E-state index in [-0.39, 0.29) is 11.7 Å². The van der Waals surface area contributed by atoms with E-state index in [0.717, 1.165) is 12.5 Å². The molecule has 1 aliphatic carbocycles. The highest BCUT2D eigenvalue weighted by atomic mass is 16.2. The highest BCUT2D eigenvalue weighted by molar-refractivity contribution is 5.84. The number of hydrogen-bond donors (Lipinski definition) is 0. The molecule has 0 spiro atoms. The number of piperidine rings is 1. The fourth-order valence-electron chi connectivity index (χ4n) is 2.14. The minimum atomic E-state index is 0.177. The highest BCUT2D eigenvalue weighted by Gasteiger charge is 2.25. The Morgan fingerprint density at radius 1 is 1.38 bits per heavy atom. The molecule has 4 heteroatoms. The van der Waals surface area contributed by atoms with Gasteiger partial charge >= 0.3 is 0 Å². The molecule has 0 atom stereocenters. The zero-order valence-corrected chi connectivity index (χ0v) is 9.95. The van der Waals surface area contributed by atoms with Crippen molar-refractivity contribution in [2.45, 2.75) is 25.7 Å². The van der Waals surface area contributed by atoms with Gasteiger partial charge in [-0.2, -0.15) is 0 Å². The maximum Gasteiger partial charge on any atom is 0.236 e. The first-order valence-electron chi connectivity index (χ1n) is 6.13. The molecule has 1 saturated carbocycles. The van der Waals surface area contributed by atoms with Gasteiger partial charge in [0.2, 0.25) is 5.91 Å². The van der Waals surface area contributed by atoms with Crippen LogP contribution in [0.4, 0.5) is 0 Å². The van der Waals surface area contributed by atoms with Crippen LogP contribution in [0, 0.1) is 5.92 Å². The Hall–Kier alpha value is -0.900. The largest absolute Gasteiger partial charge is 0.341 e. The van der Waals surface area contributed by atoms with E-state index in [9.17, 15) is 9.59 Å². The van der Waals surface area contributed by atoms with E-state index in [2.05, 4.69) is 4.90 Å². The summed E-state index contributed by atoms with van der Waals surface area (Å²) in [5.74, 6) is 1.28. The molecule has 2 aliphatic rings. The number of likely N-dealkylation sites (tertiary alicyclic amines) is 1. The van der Waals surface area contributed by atoms with Crippen LogP contribution in [0.1, 0.15) is 25.7 Å². The molecule has 1 aliphatic heterocycles. The van der Waals surface area contributed by atoms with Crippen molar-refractivity contribution in [2.75, 3.05) is 33.2 Å². The van der Waals surface area contributed by atoms with Crippen LogP contribution in [0.25, 0.3) is 0 Å². The molecule has 4 nitrogen and oxygen atoms in total. The summed E-state index contributed by atoms with van der Waals surface area (Å²) in [4.78, 5) is 26.9. The lowest BCUT2D eigenvalue weighted by Crippen LogP contribution is -2.43. The molecule has 1 amide bonds. The third-order valence-electron chi connectivity index (χ3n) is 3.35. The van der Waals surface area contributed by atoms with Crippen LogP contribution in [0.5, 0.6) is 0 Å². The van der Waals surface area contributed by atoms with Crippen LogP contribution in [0.3, 0.4) is 0 Å². The van der Waals surface area contributed by atoms with Gasteiger partial charge in [-0.3, -0.25) is 14.5 Å². The summed E-state index contributed by atoms with van der Waals surface area (Å²) in [6, 6.07) is 0. The van der Waals surface area contributed by atoms with Crippen LogP contribution >= 0.6 is 0 Å². The first kappa shape index (κ1) is 11.6. The normalized spacial score (nSPS) is 21.6. The zero-order valence-electron chi connectivity index (χ0n) is 9.95. The Labute approximate surface area is 96.6 Å². The summed E-state index contributed by atoms with van der Waals surface area (Å²) in [5.41, 5.74) is 0. The van der Waals surface area contributed by atoms with Crippen molar-refractivity contribution in [1.29, 1.82) is 0 Å². The van der Waals surface area contributed by atoms with E-state index < -0.39 is 0 Å². The Balaban J connectivity index is 1.71. The SMILES string of the molecule is CN(CC(=O)N1CCC(=O)CC1)CC1CC1. The number of rotatable bonds is 4. The number of carbonyl (C=O) groups excluding carboxylic acids is 2. The van der Waals surface area contributed by atoms with Gasteiger partial charge in [0.1, 0.15) is 5.78 Å². The Morgan fingerprint density at radius 3 is 2.56 bits per heavy atom. The average Bonchev–Trinajstić information content (AvgIpc) is 3.02. The molecule has 16 heavy (non-hydrogen) atoms. The van der Waals surface area contributed by atoms with Gasteiger partial charge in [-0.1, -0.05) is 0 Å². The zero-order chi connectivity index (χ0) is 11.5. The van der Waals surface area contributed by atoms with Crippen molar-refractivity contribution in [2.24, 2.45) is 5.92 Å². The van der Waals surface area contributed by atoms with Crippen LogP contribution in [-0.4, -0.2) is 54.7 Å². The summed E-state index contributed by atoms with van der Waals surface area (Å²) in [7, 11) is 2.01. The standard InChI is InChI=1S/C12H20N2O2/c1-13(8-10-2-3-10)9-12(16)14-6-4-11(15)5-7-14/h10H,2-9H2,1H3. The molecule has 0 aromatic carbocycles. The van der Waals surface area contributed by atoms with Gasteiger partial charge in [-0.25, -0.2) is 0 Å². The minimum absolute atomic E-state index is 0.177. The molecule has 1 saturated heterocycles. The lowest BCUT2D eigenvalue weighted by Gasteiger charge is -2.28. The topological polar surface area (TPSA) is 40.6 Å². The molecular weight excluding hydrogens is 204 g/mol. The molecule has 0 unspecified atom stereocenters. The molecule has 2 fully saturated rings. The number of amides is 1. The molecule has 0 aromatic rings. The van der Waals surface area contributed by atoms with E-state index in [0.29, 0.717) is 32.5 Å². The second kappa shape index (κ2) is 4.95. The van der Waals surface area contributed by atoms with Gasteiger partial charge < -0.3 is 4.90 Å². The van der Waals surface area contributed by atoms with E-state index in [1.54, 1.807) is 0 Å². The molecule has 2 rings (SSSR count). The molecule has 1 heterocycles. The fourth-order valence-corrected chi connectivity index (χ4v) is 2.14. The third kappa shape index (κ3) is 3.30. The molecule has 0 N–H and O–H groups in total. The van der Waals surface area contributed by atoms with Gasteiger partial charge in [0.05, 0.1) is 6.54 Å². The molecule has 0 aromatic heterocycles.